The average molecular weight is 306 g/mol. The Morgan fingerprint density at radius 2 is 2.05 bits per heavy atom. The van der Waals surface area contributed by atoms with Gasteiger partial charge in [-0.05, 0) is 29.8 Å². The number of carbonyl (C=O) groups is 1. The first kappa shape index (κ1) is 14.8. The Balaban J connectivity index is 2.06. The lowest BCUT2D eigenvalue weighted by Crippen LogP contribution is -2.14. The van der Waals surface area contributed by atoms with Crippen molar-refractivity contribution in [2.45, 2.75) is 6.42 Å². The van der Waals surface area contributed by atoms with Crippen LogP contribution in [0.4, 0.5) is 17.1 Å². The van der Waals surface area contributed by atoms with Gasteiger partial charge < -0.3 is 11.1 Å². The van der Waals surface area contributed by atoms with Gasteiger partial charge in [0, 0.05) is 17.4 Å². The molecule has 0 aliphatic heterocycles. The molecule has 0 aliphatic carbocycles. The molecule has 0 bridgehead atoms. The highest BCUT2D eigenvalue weighted by molar-refractivity contribution is 6.33. The number of nitro groups is 1. The van der Waals surface area contributed by atoms with Crippen LogP contribution in [0.5, 0.6) is 0 Å². The molecule has 108 valence electrons. The molecule has 0 radical (unpaired) electrons. The predicted molar refractivity (Wildman–Crippen MR) is 81.3 cm³/mol. The summed E-state index contributed by atoms with van der Waals surface area (Å²) in [5.74, 6) is -0.259. The first-order chi connectivity index (χ1) is 9.95. The maximum absolute atomic E-state index is 11.9. The second-order valence-corrected chi connectivity index (χ2v) is 4.80. The normalized spacial score (nSPS) is 10.1. The molecule has 0 aromatic heterocycles. The average Bonchev–Trinajstić information content (AvgIpc) is 2.38. The number of halogens is 1. The molecule has 3 N–H and O–H groups in total. The van der Waals surface area contributed by atoms with Crippen LogP contribution < -0.4 is 11.1 Å². The monoisotopic (exact) mass is 305 g/mol. The van der Waals surface area contributed by atoms with Crippen molar-refractivity contribution in [2.24, 2.45) is 0 Å². The Morgan fingerprint density at radius 3 is 2.67 bits per heavy atom. The van der Waals surface area contributed by atoms with E-state index in [1.165, 1.54) is 18.2 Å². The fraction of sp³-hybridized carbons (Fsp3) is 0.0714. The van der Waals surface area contributed by atoms with E-state index in [1.807, 2.05) is 0 Å². The van der Waals surface area contributed by atoms with Crippen LogP contribution >= 0.6 is 11.6 Å². The van der Waals surface area contributed by atoms with Crippen LogP contribution in [-0.2, 0) is 11.2 Å². The number of rotatable bonds is 4. The van der Waals surface area contributed by atoms with Crippen LogP contribution in [0.2, 0.25) is 5.02 Å². The first-order valence-electron chi connectivity index (χ1n) is 6.04. The van der Waals surface area contributed by atoms with Crippen molar-refractivity contribution in [1.29, 1.82) is 0 Å². The van der Waals surface area contributed by atoms with Gasteiger partial charge in [0.05, 0.1) is 11.3 Å². The molecular formula is C14H12ClN3O3. The quantitative estimate of drug-likeness (QED) is 0.515. The highest BCUT2D eigenvalue weighted by Crippen LogP contribution is 2.27. The molecule has 0 saturated carbocycles. The summed E-state index contributed by atoms with van der Waals surface area (Å²) in [5.41, 5.74) is 7.20. The first-order valence-corrected chi connectivity index (χ1v) is 6.42. The molecule has 7 heteroatoms. The minimum Gasteiger partial charge on any atom is -0.399 e. The Kier molecular flexibility index (Phi) is 4.39. The SMILES string of the molecule is Nc1cccc(CC(=O)Nc2ccc([N+](=O)[O-])c(Cl)c2)c1. The topological polar surface area (TPSA) is 98.3 Å². The number of carbonyl (C=O) groups excluding carboxylic acids is 1. The molecular weight excluding hydrogens is 294 g/mol. The summed E-state index contributed by atoms with van der Waals surface area (Å²) in [5, 5.41) is 13.3. The van der Waals surface area contributed by atoms with Gasteiger partial charge in [-0.15, -0.1) is 0 Å². The number of hydrogen-bond acceptors (Lipinski definition) is 4. The van der Waals surface area contributed by atoms with Crippen molar-refractivity contribution in [3.8, 4) is 0 Å². The number of benzene rings is 2. The van der Waals surface area contributed by atoms with Crippen LogP contribution in [0.15, 0.2) is 42.5 Å². The smallest absolute Gasteiger partial charge is 0.288 e. The highest BCUT2D eigenvalue weighted by atomic mass is 35.5. The number of nitrogens with one attached hydrogen (secondary N) is 1. The van der Waals surface area contributed by atoms with E-state index in [0.717, 1.165) is 5.56 Å². The molecule has 2 rings (SSSR count). The summed E-state index contributed by atoms with van der Waals surface area (Å²) in [6.07, 6.45) is 0.152. The van der Waals surface area contributed by atoms with E-state index in [0.29, 0.717) is 11.4 Å². The molecule has 0 atom stereocenters. The molecule has 0 saturated heterocycles. The number of nitrogen functional groups attached to an aromatic ring is 1. The van der Waals surface area contributed by atoms with Crippen LogP contribution in [0, 0.1) is 10.1 Å². The lowest BCUT2D eigenvalue weighted by Gasteiger charge is -2.06. The van der Waals surface area contributed by atoms with Gasteiger partial charge in [0.1, 0.15) is 5.02 Å². The molecule has 0 unspecified atom stereocenters. The number of amides is 1. The molecule has 0 aliphatic rings. The fourth-order valence-electron chi connectivity index (χ4n) is 1.83. The molecule has 21 heavy (non-hydrogen) atoms. The number of nitrogens with two attached hydrogens (primary N) is 1. The third-order valence-corrected chi connectivity index (χ3v) is 3.05. The van der Waals surface area contributed by atoms with Crippen molar-refractivity contribution in [3.63, 3.8) is 0 Å². The molecule has 0 fully saturated rings. The lowest BCUT2D eigenvalue weighted by atomic mass is 10.1. The van der Waals surface area contributed by atoms with E-state index in [1.54, 1.807) is 24.3 Å². The minimum atomic E-state index is -0.583. The summed E-state index contributed by atoms with van der Waals surface area (Å²) in [7, 11) is 0. The number of nitrogens with zero attached hydrogens (tertiary/aromatic N) is 1. The van der Waals surface area contributed by atoms with Gasteiger partial charge in [-0.1, -0.05) is 23.7 Å². The molecule has 0 heterocycles. The summed E-state index contributed by atoms with van der Waals surface area (Å²) in [6.45, 7) is 0. The summed E-state index contributed by atoms with van der Waals surface area (Å²) in [6, 6.07) is 11.0. The van der Waals surface area contributed by atoms with Crippen molar-refractivity contribution >= 4 is 34.6 Å². The van der Waals surface area contributed by atoms with Crippen LogP contribution in [-0.4, -0.2) is 10.8 Å². The maximum atomic E-state index is 11.9. The van der Waals surface area contributed by atoms with Gasteiger partial charge in [0.15, 0.2) is 0 Å². The van der Waals surface area contributed by atoms with Gasteiger partial charge >= 0.3 is 0 Å². The Bertz CT molecular complexity index is 704. The number of anilines is 2. The molecule has 2 aromatic carbocycles. The van der Waals surface area contributed by atoms with Crippen molar-refractivity contribution in [1.82, 2.24) is 0 Å². The minimum absolute atomic E-state index is 0.0262. The molecule has 2 aromatic rings. The van der Waals surface area contributed by atoms with E-state index in [-0.39, 0.29) is 23.0 Å². The van der Waals surface area contributed by atoms with E-state index in [4.69, 9.17) is 17.3 Å². The van der Waals surface area contributed by atoms with Gasteiger partial charge in [-0.25, -0.2) is 0 Å². The van der Waals surface area contributed by atoms with Gasteiger partial charge in [0.25, 0.3) is 5.69 Å². The van der Waals surface area contributed by atoms with E-state index in [9.17, 15) is 14.9 Å². The van der Waals surface area contributed by atoms with Gasteiger partial charge in [-0.2, -0.15) is 0 Å². The van der Waals surface area contributed by atoms with Crippen molar-refractivity contribution in [3.05, 3.63) is 63.2 Å². The highest BCUT2D eigenvalue weighted by Gasteiger charge is 2.13. The van der Waals surface area contributed by atoms with E-state index < -0.39 is 4.92 Å². The fourth-order valence-corrected chi connectivity index (χ4v) is 2.08. The largest absolute Gasteiger partial charge is 0.399 e. The third kappa shape index (κ3) is 3.93. The molecule has 6 nitrogen and oxygen atoms in total. The summed E-state index contributed by atoms with van der Waals surface area (Å²) < 4.78 is 0. The Hall–Kier alpha value is -2.60. The standard InChI is InChI=1S/C14H12ClN3O3/c15-12-8-11(4-5-13(12)18(20)21)17-14(19)7-9-2-1-3-10(16)6-9/h1-6,8H,7,16H2,(H,17,19). The summed E-state index contributed by atoms with van der Waals surface area (Å²) in [4.78, 5) is 22.0. The van der Waals surface area contributed by atoms with Crippen LogP contribution in [0.1, 0.15) is 5.56 Å². The second kappa shape index (κ2) is 6.23. The zero-order chi connectivity index (χ0) is 15.4. The third-order valence-electron chi connectivity index (χ3n) is 2.74. The van der Waals surface area contributed by atoms with Crippen LogP contribution in [0.25, 0.3) is 0 Å². The van der Waals surface area contributed by atoms with Gasteiger partial charge in [-0.3, -0.25) is 14.9 Å². The second-order valence-electron chi connectivity index (χ2n) is 4.39. The number of nitro benzene ring substituents is 1. The van der Waals surface area contributed by atoms with Crippen LogP contribution in [0.3, 0.4) is 0 Å². The molecule has 0 spiro atoms. The number of hydrogen-bond donors (Lipinski definition) is 2. The Labute approximate surface area is 125 Å². The zero-order valence-corrected chi connectivity index (χ0v) is 11.6. The lowest BCUT2D eigenvalue weighted by molar-refractivity contribution is -0.384. The van der Waals surface area contributed by atoms with Gasteiger partial charge in [0.2, 0.25) is 5.91 Å². The predicted octanol–water partition coefficient (Wildman–Crippen LogP) is 3.01. The van der Waals surface area contributed by atoms with E-state index >= 15 is 0 Å². The van der Waals surface area contributed by atoms with Crippen molar-refractivity contribution in [2.75, 3.05) is 11.1 Å². The zero-order valence-electron chi connectivity index (χ0n) is 10.9. The maximum Gasteiger partial charge on any atom is 0.288 e. The van der Waals surface area contributed by atoms with Crippen molar-refractivity contribution < 1.29 is 9.72 Å². The Morgan fingerprint density at radius 1 is 1.29 bits per heavy atom. The molecule has 1 amide bonds. The summed E-state index contributed by atoms with van der Waals surface area (Å²) >= 11 is 5.78. The van der Waals surface area contributed by atoms with E-state index in [2.05, 4.69) is 5.32 Å².